The highest BCUT2D eigenvalue weighted by molar-refractivity contribution is 8.03. The van der Waals surface area contributed by atoms with Gasteiger partial charge in [-0.3, -0.25) is 4.79 Å². The van der Waals surface area contributed by atoms with Crippen LogP contribution in [0.3, 0.4) is 0 Å². The Bertz CT molecular complexity index is 480. The highest BCUT2D eigenvalue weighted by Crippen LogP contribution is 2.49. The summed E-state index contributed by atoms with van der Waals surface area (Å²) in [4.78, 5) is 12.4. The minimum absolute atomic E-state index is 0.130. The molecule has 1 aromatic rings. The average molecular weight is 245 g/mol. The molecule has 1 saturated carbocycles. The zero-order valence-electron chi connectivity index (χ0n) is 9.56. The van der Waals surface area contributed by atoms with Crippen LogP contribution in [0.25, 0.3) is 0 Å². The van der Waals surface area contributed by atoms with E-state index in [9.17, 15) is 4.79 Å². The lowest BCUT2D eigenvalue weighted by Gasteiger charge is -2.11. The summed E-state index contributed by atoms with van der Waals surface area (Å²) in [6.45, 7) is 0. The molecule has 2 nitrogen and oxygen atoms in total. The van der Waals surface area contributed by atoms with Crippen LogP contribution in [0.4, 0.5) is 0 Å². The molecule has 0 saturated heterocycles. The minimum Gasteiger partial charge on any atom is -0.393 e. The summed E-state index contributed by atoms with van der Waals surface area (Å²) in [5.74, 6) is 0.526. The van der Waals surface area contributed by atoms with E-state index in [-0.39, 0.29) is 5.78 Å². The number of thioether (sulfide) groups is 1. The summed E-state index contributed by atoms with van der Waals surface area (Å²) < 4.78 is 0. The van der Waals surface area contributed by atoms with Gasteiger partial charge in [0.25, 0.3) is 0 Å². The maximum absolute atomic E-state index is 12.4. The van der Waals surface area contributed by atoms with Gasteiger partial charge < -0.3 is 5.73 Å². The average Bonchev–Trinajstić information content (AvgIpc) is 2.89. The number of benzene rings is 1. The molecule has 17 heavy (non-hydrogen) atoms. The van der Waals surface area contributed by atoms with E-state index in [1.165, 1.54) is 12.8 Å². The number of carbonyl (C=O) groups excluding carboxylic acids is 1. The fourth-order valence-electron chi connectivity index (χ4n) is 2.83. The van der Waals surface area contributed by atoms with Crippen LogP contribution in [0.2, 0.25) is 0 Å². The molecule has 2 unspecified atom stereocenters. The number of nitrogens with two attached hydrogens (primary N) is 1. The Morgan fingerprint density at radius 2 is 2.00 bits per heavy atom. The van der Waals surface area contributed by atoms with Gasteiger partial charge in [-0.15, -0.1) is 11.8 Å². The van der Waals surface area contributed by atoms with Gasteiger partial charge in [0, 0.05) is 22.3 Å². The highest BCUT2D eigenvalue weighted by Gasteiger charge is 2.40. The Balaban J connectivity index is 1.94. The van der Waals surface area contributed by atoms with E-state index in [0.29, 0.717) is 11.2 Å². The predicted octanol–water partition coefficient (Wildman–Crippen LogP) is 2.96. The number of ketones is 1. The van der Waals surface area contributed by atoms with Gasteiger partial charge in [-0.05, 0) is 12.8 Å². The second-order valence-electron chi connectivity index (χ2n) is 4.67. The number of fused-ring (bicyclic) bond motifs is 1. The summed E-state index contributed by atoms with van der Waals surface area (Å²) >= 11 is 1.70. The Morgan fingerprint density at radius 3 is 2.76 bits per heavy atom. The molecule has 2 aliphatic rings. The van der Waals surface area contributed by atoms with Gasteiger partial charge in [0.1, 0.15) is 0 Å². The SMILES string of the molecule is NC1=C(C(=O)c2ccccc2)C2CCCC2S1. The fraction of sp³-hybridized carbons (Fsp3) is 0.357. The van der Waals surface area contributed by atoms with Crippen molar-refractivity contribution >= 4 is 17.5 Å². The first-order chi connectivity index (χ1) is 8.27. The Labute approximate surface area is 105 Å². The van der Waals surface area contributed by atoms with E-state index in [0.717, 1.165) is 22.6 Å². The highest BCUT2D eigenvalue weighted by atomic mass is 32.2. The van der Waals surface area contributed by atoms with E-state index in [2.05, 4.69) is 0 Å². The van der Waals surface area contributed by atoms with Gasteiger partial charge in [-0.1, -0.05) is 36.8 Å². The van der Waals surface area contributed by atoms with Gasteiger partial charge in [0.05, 0.1) is 5.03 Å². The fourth-order valence-corrected chi connectivity index (χ4v) is 4.25. The predicted molar refractivity (Wildman–Crippen MR) is 70.7 cm³/mol. The first-order valence-electron chi connectivity index (χ1n) is 6.03. The Kier molecular flexibility index (Phi) is 2.71. The summed E-state index contributed by atoms with van der Waals surface area (Å²) in [6.07, 6.45) is 3.54. The summed E-state index contributed by atoms with van der Waals surface area (Å²) in [5, 5.41) is 1.31. The molecule has 88 valence electrons. The zero-order valence-corrected chi connectivity index (χ0v) is 10.4. The first kappa shape index (κ1) is 10.9. The van der Waals surface area contributed by atoms with Crippen molar-refractivity contribution in [1.29, 1.82) is 0 Å². The number of rotatable bonds is 2. The Hall–Kier alpha value is -1.22. The van der Waals surface area contributed by atoms with Crippen LogP contribution in [0.5, 0.6) is 0 Å². The molecule has 0 spiro atoms. The quantitative estimate of drug-likeness (QED) is 0.815. The minimum atomic E-state index is 0.130. The van der Waals surface area contributed by atoms with E-state index in [4.69, 9.17) is 5.73 Å². The molecule has 0 aromatic heterocycles. The molecular weight excluding hydrogens is 230 g/mol. The van der Waals surface area contributed by atoms with E-state index >= 15 is 0 Å². The molecule has 0 bridgehead atoms. The molecular formula is C14H15NOS. The standard InChI is InChI=1S/C14H15NOS/c15-14-12(10-7-4-8-11(10)17-14)13(16)9-5-2-1-3-6-9/h1-3,5-6,10-11H,4,7-8,15H2. The van der Waals surface area contributed by atoms with Crippen molar-refractivity contribution in [3.05, 3.63) is 46.5 Å². The first-order valence-corrected chi connectivity index (χ1v) is 6.91. The topological polar surface area (TPSA) is 43.1 Å². The zero-order chi connectivity index (χ0) is 11.8. The molecule has 1 fully saturated rings. The van der Waals surface area contributed by atoms with Crippen LogP contribution in [-0.2, 0) is 0 Å². The summed E-state index contributed by atoms with van der Waals surface area (Å²) in [7, 11) is 0. The molecule has 1 heterocycles. The number of allylic oxidation sites excluding steroid dienone is 1. The van der Waals surface area contributed by atoms with Crippen molar-refractivity contribution in [2.75, 3.05) is 0 Å². The number of hydrogen-bond donors (Lipinski definition) is 1. The smallest absolute Gasteiger partial charge is 0.191 e. The van der Waals surface area contributed by atoms with Crippen molar-refractivity contribution in [2.45, 2.75) is 24.5 Å². The van der Waals surface area contributed by atoms with E-state index < -0.39 is 0 Å². The number of carbonyl (C=O) groups is 1. The lowest BCUT2D eigenvalue weighted by atomic mass is 9.91. The van der Waals surface area contributed by atoms with E-state index in [1.807, 2.05) is 30.3 Å². The molecule has 1 aliphatic heterocycles. The third-order valence-corrected chi connectivity index (χ3v) is 4.99. The lowest BCUT2D eigenvalue weighted by molar-refractivity contribution is 0.102. The second kappa shape index (κ2) is 4.22. The summed E-state index contributed by atoms with van der Waals surface area (Å²) in [5.41, 5.74) is 7.67. The largest absolute Gasteiger partial charge is 0.393 e. The molecule has 1 aromatic carbocycles. The van der Waals surface area contributed by atoms with Crippen molar-refractivity contribution in [3.63, 3.8) is 0 Å². The van der Waals surface area contributed by atoms with Crippen LogP contribution in [0.15, 0.2) is 40.9 Å². The molecule has 2 N–H and O–H groups in total. The van der Waals surface area contributed by atoms with Crippen LogP contribution < -0.4 is 5.73 Å². The van der Waals surface area contributed by atoms with Crippen LogP contribution in [0, 0.1) is 5.92 Å². The molecule has 1 aliphatic carbocycles. The normalized spacial score (nSPS) is 27.3. The monoisotopic (exact) mass is 245 g/mol. The Morgan fingerprint density at radius 1 is 1.24 bits per heavy atom. The van der Waals surface area contributed by atoms with Crippen molar-refractivity contribution in [1.82, 2.24) is 0 Å². The number of Topliss-reactive ketones (excluding diaryl/α,β-unsaturated/α-hetero) is 1. The van der Waals surface area contributed by atoms with Crippen LogP contribution in [-0.4, -0.2) is 11.0 Å². The number of hydrogen-bond acceptors (Lipinski definition) is 3. The van der Waals surface area contributed by atoms with Crippen LogP contribution in [0.1, 0.15) is 29.6 Å². The molecule has 3 heteroatoms. The van der Waals surface area contributed by atoms with Crippen molar-refractivity contribution in [3.8, 4) is 0 Å². The van der Waals surface area contributed by atoms with Crippen molar-refractivity contribution in [2.24, 2.45) is 11.7 Å². The van der Waals surface area contributed by atoms with Gasteiger partial charge in [-0.25, -0.2) is 0 Å². The van der Waals surface area contributed by atoms with Gasteiger partial charge in [0.2, 0.25) is 0 Å². The second-order valence-corrected chi connectivity index (χ2v) is 5.95. The van der Waals surface area contributed by atoms with Crippen molar-refractivity contribution < 1.29 is 4.79 Å². The maximum Gasteiger partial charge on any atom is 0.191 e. The van der Waals surface area contributed by atoms with Crippen LogP contribution >= 0.6 is 11.8 Å². The molecule has 3 rings (SSSR count). The van der Waals surface area contributed by atoms with E-state index in [1.54, 1.807) is 11.8 Å². The molecule has 0 radical (unpaired) electrons. The molecule has 2 atom stereocenters. The third-order valence-electron chi connectivity index (χ3n) is 3.65. The maximum atomic E-state index is 12.4. The lowest BCUT2D eigenvalue weighted by Crippen LogP contribution is -2.15. The summed E-state index contributed by atoms with van der Waals surface area (Å²) in [6, 6.07) is 9.47. The molecule has 0 amide bonds. The van der Waals surface area contributed by atoms with Gasteiger partial charge in [-0.2, -0.15) is 0 Å². The third kappa shape index (κ3) is 1.78. The van der Waals surface area contributed by atoms with Gasteiger partial charge in [0.15, 0.2) is 5.78 Å². The van der Waals surface area contributed by atoms with Gasteiger partial charge >= 0.3 is 0 Å².